The van der Waals surface area contributed by atoms with E-state index in [-0.39, 0.29) is 5.82 Å². The van der Waals surface area contributed by atoms with Crippen molar-refractivity contribution >= 4 is 43.6 Å². The number of halogens is 2. The zero-order valence-corrected chi connectivity index (χ0v) is 14.8. The van der Waals surface area contributed by atoms with Gasteiger partial charge in [0.25, 0.3) is 0 Å². The summed E-state index contributed by atoms with van der Waals surface area (Å²) >= 11 is 3.55. The summed E-state index contributed by atoms with van der Waals surface area (Å²) in [5.41, 5.74) is 8.23. The van der Waals surface area contributed by atoms with E-state index < -0.39 is 5.91 Å². The Morgan fingerprint density at radius 3 is 2.56 bits per heavy atom. The Labute approximate surface area is 152 Å². The predicted molar refractivity (Wildman–Crippen MR) is 101 cm³/mol. The minimum Gasteiger partial charge on any atom is -0.366 e. The molecule has 1 aromatic heterocycles. The zero-order valence-electron chi connectivity index (χ0n) is 13.2. The minimum atomic E-state index is -0.519. The third-order valence-electron chi connectivity index (χ3n) is 4.41. The third-order valence-corrected chi connectivity index (χ3v) is 5.18. The molecule has 0 aliphatic rings. The lowest BCUT2D eigenvalue weighted by Crippen LogP contribution is -2.11. The number of primary amides is 1. The van der Waals surface area contributed by atoms with Crippen molar-refractivity contribution in [2.24, 2.45) is 5.73 Å². The molecule has 5 heteroatoms. The molecular formula is C20H14BrFN2O. The number of benzene rings is 3. The van der Waals surface area contributed by atoms with Gasteiger partial charge in [-0.15, -0.1) is 0 Å². The molecule has 0 unspecified atom stereocenters. The number of nitrogens with two attached hydrogens (primary N) is 1. The first-order chi connectivity index (χ1) is 12.1. The van der Waals surface area contributed by atoms with Crippen LogP contribution in [-0.4, -0.2) is 10.5 Å². The molecule has 4 rings (SSSR count). The summed E-state index contributed by atoms with van der Waals surface area (Å²) in [5.74, 6) is -0.842. The van der Waals surface area contributed by atoms with E-state index >= 15 is 0 Å². The van der Waals surface area contributed by atoms with Crippen molar-refractivity contribution in [1.29, 1.82) is 0 Å². The normalized spacial score (nSPS) is 11.3. The first-order valence-electron chi connectivity index (χ1n) is 7.80. The van der Waals surface area contributed by atoms with Gasteiger partial charge in [-0.1, -0.05) is 52.3 Å². The molecule has 0 atom stereocenters. The van der Waals surface area contributed by atoms with Gasteiger partial charge in [-0.3, -0.25) is 4.79 Å². The third kappa shape index (κ3) is 2.51. The van der Waals surface area contributed by atoms with Gasteiger partial charge in [-0.25, -0.2) is 4.39 Å². The fourth-order valence-electron chi connectivity index (χ4n) is 3.33. The lowest BCUT2D eigenvalue weighted by atomic mass is 10.1. The molecule has 0 bridgehead atoms. The van der Waals surface area contributed by atoms with E-state index in [2.05, 4.69) is 15.9 Å². The average Bonchev–Trinajstić information content (AvgIpc) is 2.92. The Morgan fingerprint density at radius 1 is 1.04 bits per heavy atom. The highest BCUT2D eigenvalue weighted by molar-refractivity contribution is 9.10. The van der Waals surface area contributed by atoms with Crippen molar-refractivity contribution in [3.05, 3.63) is 82.1 Å². The Morgan fingerprint density at radius 2 is 1.80 bits per heavy atom. The summed E-state index contributed by atoms with van der Waals surface area (Å²) in [7, 11) is 0. The van der Waals surface area contributed by atoms with Gasteiger partial charge in [0.15, 0.2) is 0 Å². The molecule has 0 aliphatic heterocycles. The summed E-state index contributed by atoms with van der Waals surface area (Å²) in [6.07, 6.45) is 0. The van der Waals surface area contributed by atoms with Gasteiger partial charge in [0.2, 0.25) is 5.91 Å². The van der Waals surface area contributed by atoms with Crippen LogP contribution < -0.4 is 5.73 Å². The maximum absolute atomic E-state index is 14.7. The van der Waals surface area contributed by atoms with Crippen molar-refractivity contribution in [2.45, 2.75) is 6.54 Å². The van der Waals surface area contributed by atoms with Crippen LogP contribution in [0.4, 0.5) is 4.39 Å². The quantitative estimate of drug-likeness (QED) is 0.528. The van der Waals surface area contributed by atoms with E-state index in [1.807, 2.05) is 41.0 Å². The number of carbonyl (C=O) groups excluding carboxylic acids is 1. The number of amides is 1. The fraction of sp³-hybridized carbons (Fsp3) is 0.0500. The summed E-state index contributed by atoms with van der Waals surface area (Å²) in [4.78, 5) is 11.9. The second-order valence-corrected chi connectivity index (χ2v) is 6.73. The minimum absolute atomic E-state index is 0.323. The van der Waals surface area contributed by atoms with Gasteiger partial charge in [0.1, 0.15) is 5.82 Å². The number of rotatable bonds is 3. The first-order valence-corrected chi connectivity index (χ1v) is 8.60. The predicted octanol–water partition coefficient (Wildman–Crippen LogP) is 4.84. The molecule has 0 saturated heterocycles. The highest BCUT2D eigenvalue weighted by Crippen LogP contribution is 2.34. The topological polar surface area (TPSA) is 48.0 Å². The molecule has 124 valence electrons. The molecule has 1 amide bonds. The fourth-order valence-corrected chi connectivity index (χ4v) is 3.74. The number of hydrogen-bond donors (Lipinski definition) is 1. The molecule has 0 aliphatic carbocycles. The Balaban J connectivity index is 2.10. The van der Waals surface area contributed by atoms with E-state index in [4.69, 9.17) is 5.73 Å². The number of aromatic nitrogens is 1. The Kier molecular flexibility index (Phi) is 3.81. The van der Waals surface area contributed by atoms with Gasteiger partial charge >= 0.3 is 0 Å². The largest absolute Gasteiger partial charge is 0.366 e. The Hall–Kier alpha value is -2.66. The number of para-hydroxylation sites is 1. The van der Waals surface area contributed by atoms with Gasteiger partial charge in [0.05, 0.1) is 11.0 Å². The van der Waals surface area contributed by atoms with E-state index in [0.29, 0.717) is 28.4 Å². The van der Waals surface area contributed by atoms with Crippen molar-refractivity contribution in [3.8, 4) is 0 Å². The number of fused-ring (bicyclic) bond motifs is 3. The van der Waals surface area contributed by atoms with Crippen LogP contribution in [0.2, 0.25) is 0 Å². The second kappa shape index (κ2) is 6.01. The maximum Gasteiger partial charge on any atom is 0.249 e. The van der Waals surface area contributed by atoms with Gasteiger partial charge in [-0.05, 0) is 29.8 Å². The molecule has 0 saturated carbocycles. The van der Waals surface area contributed by atoms with Crippen molar-refractivity contribution in [2.75, 3.05) is 0 Å². The summed E-state index contributed by atoms with van der Waals surface area (Å²) in [5, 5.41) is 1.38. The zero-order chi connectivity index (χ0) is 17.6. The highest BCUT2D eigenvalue weighted by atomic mass is 79.9. The molecule has 25 heavy (non-hydrogen) atoms. The first kappa shape index (κ1) is 15.8. The molecule has 4 aromatic rings. The average molecular weight is 397 g/mol. The SMILES string of the molecule is NC(=O)c1cccc2c1c1cccc(F)c1n2Cc1ccccc1Br. The van der Waals surface area contributed by atoms with Crippen molar-refractivity contribution in [3.63, 3.8) is 0 Å². The lowest BCUT2D eigenvalue weighted by molar-refractivity contribution is 0.100. The molecule has 1 heterocycles. The lowest BCUT2D eigenvalue weighted by Gasteiger charge is -2.10. The molecule has 0 radical (unpaired) electrons. The van der Waals surface area contributed by atoms with Gasteiger partial charge in [0, 0.05) is 27.4 Å². The second-order valence-electron chi connectivity index (χ2n) is 5.88. The molecular weight excluding hydrogens is 383 g/mol. The number of hydrogen-bond acceptors (Lipinski definition) is 1. The van der Waals surface area contributed by atoms with Crippen LogP contribution >= 0.6 is 15.9 Å². The molecule has 2 N–H and O–H groups in total. The van der Waals surface area contributed by atoms with E-state index in [9.17, 15) is 9.18 Å². The maximum atomic E-state index is 14.7. The molecule has 0 fully saturated rings. The standard InChI is InChI=1S/C20H14BrFN2O/c21-15-8-2-1-5-12(15)11-24-17-10-4-7-14(20(23)25)18(17)13-6-3-9-16(22)19(13)24/h1-10H,11H2,(H2,23,25). The Bertz CT molecular complexity index is 1130. The van der Waals surface area contributed by atoms with E-state index in [1.54, 1.807) is 18.2 Å². The van der Waals surface area contributed by atoms with Crippen molar-refractivity contribution < 1.29 is 9.18 Å². The van der Waals surface area contributed by atoms with E-state index in [0.717, 1.165) is 15.6 Å². The van der Waals surface area contributed by atoms with Crippen LogP contribution in [0.5, 0.6) is 0 Å². The molecule has 3 nitrogen and oxygen atoms in total. The van der Waals surface area contributed by atoms with Crippen LogP contribution in [0, 0.1) is 5.82 Å². The summed E-state index contributed by atoms with van der Waals surface area (Å²) < 4.78 is 17.5. The van der Waals surface area contributed by atoms with Crippen LogP contribution in [-0.2, 0) is 6.54 Å². The molecule has 0 spiro atoms. The van der Waals surface area contributed by atoms with Crippen LogP contribution in [0.3, 0.4) is 0 Å². The van der Waals surface area contributed by atoms with Gasteiger partial charge in [-0.2, -0.15) is 0 Å². The van der Waals surface area contributed by atoms with Crippen LogP contribution in [0.25, 0.3) is 21.8 Å². The van der Waals surface area contributed by atoms with Crippen molar-refractivity contribution in [1.82, 2.24) is 4.57 Å². The highest BCUT2D eigenvalue weighted by Gasteiger charge is 2.19. The summed E-state index contributed by atoms with van der Waals surface area (Å²) in [6, 6.07) is 18.1. The van der Waals surface area contributed by atoms with Gasteiger partial charge < -0.3 is 10.3 Å². The van der Waals surface area contributed by atoms with E-state index in [1.165, 1.54) is 6.07 Å². The van der Waals surface area contributed by atoms with Crippen LogP contribution in [0.15, 0.2) is 65.1 Å². The monoisotopic (exact) mass is 396 g/mol. The smallest absolute Gasteiger partial charge is 0.249 e. The van der Waals surface area contributed by atoms with Crippen LogP contribution in [0.1, 0.15) is 15.9 Å². The summed E-state index contributed by atoms with van der Waals surface area (Å²) in [6.45, 7) is 0.477. The molecule has 3 aromatic carbocycles. The number of carbonyl (C=O) groups is 1. The number of nitrogens with zero attached hydrogens (tertiary/aromatic N) is 1.